The van der Waals surface area contributed by atoms with Crippen LogP contribution in [0.2, 0.25) is 0 Å². The molecule has 0 bridgehead atoms. The third-order valence-corrected chi connectivity index (χ3v) is 3.37. The molecule has 1 heterocycles. The first-order valence-electron chi connectivity index (χ1n) is 6.01. The molecule has 2 rings (SSSR count). The zero-order valence-electron chi connectivity index (χ0n) is 10.4. The fourth-order valence-corrected chi connectivity index (χ4v) is 2.43. The summed E-state index contributed by atoms with van der Waals surface area (Å²) in [6, 6.07) is 7.94. The van der Waals surface area contributed by atoms with Gasteiger partial charge in [0.15, 0.2) is 0 Å². The Labute approximate surface area is 102 Å². The van der Waals surface area contributed by atoms with Crippen LogP contribution in [0.1, 0.15) is 13.3 Å². The Balaban J connectivity index is 2.38. The lowest BCUT2D eigenvalue weighted by Crippen LogP contribution is -2.50. The number of para-hydroxylation sites is 2. The summed E-state index contributed by atoms with van der Waals surface area (Å²) in [4.78, 5) is 15.8. The van der Waals surface area contributed by atoms with E-state index in [1.165, 1.54) is 5.69 Å². The number of carbonyl (C=O) groups excluding carboxylic acids is 1. The molecule has 0 aliphatic carbocycles. The molecule has 0 radical (unpaired) electrons. The van der Waals surface area contributed by atoms with E-state index in [-0.39, 0.29) is 11.9 Å². The second-order valence-corrected chi connectivity index (χ2v) is 4.43. The summed E-state index contributed by atoms with van der Waals surface area (Å²) in [5.41, 5.74) is 7.74. The van der Waals surface area contributed by atoms with Gasteiger partial charge in [-0.3, -0.25) is 4.79 Å². The van der Waals surface area contributed by atoms with E-state index in [0.717, 1.165) is 25.2 Å². The SMILES string of the molecule is CCC(C(N)=O)N1CCN(C)c2ccccc21. The first kappa shape index (κ1) is 11.8. The van der Waals surface area contributed by atoms with Gasteiger partial charge in [0.25, 0.3) is 0 Å². The molecule has 1 aliphatic heterocycles. The lowest BCUT2D eigenvalue weighted by Gasteiger charge is -2.40. The monoisotopic (exact) mass is 233 g/mol. The number of hydrogen-bond acceptors (Lipinski definition) is 3. The van der Waals surface area contributed by atoms with Crippen LogP contribution in [0, 0.1) is 0 Å². The average Bonchev–Trinajstić information content (AvgIpc) is 2.33. The van der Waals surface area contributed by atoms with Crippen molar-refractivity contribution in [2.75, 3.05) is 29.9 Å². The molecule has 17 heavy (non-hydrogen) atoms. The molecule has 2 N–H and O–H groups in total. The number of primary amides is 1. The minimum Gasteiger partial charge on any atom is -0.371 e. The van der Waals surface area contributed by atoms with Gasteiger partial charge >= 0.3 is 0 Å². The molecule has 92 valence electrons. The van der Waals surface area contributed by atoms with Crippen LogP contribution in [0.5, 0.6) is 0 Å². The van der Waals surface area contributed by atoms with E-state index in [0.29, 0.717) is 0 Å². The van der Waals surface area contributed by atoms with E-state index in [9.17, 15) is 4.79 Å². The molecule has 1 atom stereocenters. The molecule has 1 aliphatic rings. The van der Waals surface area contributed by atoms with Crippen molar-refractivity contribution in [1.82, 2.24) is 0 Å². The number of carbonyl (C=O) groups is 1. The van der Waals surface area contributed by atoms with Gasteiger partial charge in [0.1, 0.15) is 6.04 Å². The molecule has 4 nitrogen and oxygen atoms in total. The fraction of sp³-hybridized carbons (Fsp3) is 0.462. The Hall–Kier alpha value is -1.71. The van der Waals surface area contributed by atoms with E-state index in [4.69, 9.17) is 5.73 Å². The molecule has 1 amide bonds. The van der Waals surface area contributed by atoms with Crippen molar-refractivity contribution in [1.29, 1.82) is 0 Å². The normalized spacial score (nSPS) is 16.6. The highest BCUT2D eigenvalue weighted by Crippen LogP contribution is 2.33. The number of benzene rings is 1. The second kappa shape index (κ2) is 4.65. The van der Waals surface area contributed by atoms with Crippen molar-refractivity contribution >= 4 is 17.3 Å². The van der Waals surface area contributed by atoms with Gasteiger partial charge in [-0.1, -0.05) is 19.1 Å². The Morgan fingerprint density at radius 1 is 1.35 bits per heavy atom. The van der Waals surface area contributed by atoms with E-state index in [1.807, 2.05) is 19.1 Å². The molecule has 0 aromatic heterocycles. The molecular formula is C13H19N3O. The van der Waals surface area contributed by atoms with Gasteiger partial charge in [0.2, 0.25) is 5.91 Å². The number of anilines is 2. The molecule has 1 aromatic carbocycles. The summed E-state index contributed by atoms with van der Waals surface area (Å²) in [7, 11) is 2.07. The third kappa shape index (κ3) is 2.07. The number of nitrogens with zero attached hydrogens (tertiary/aromatic N) is 2. The lowest BCUT2D eigenvalue weighted by molar-refractivity contribution is -0.119. The smallest absolute Gasteiger partial charge is 0.240 e. The van der Waals surface area contributed by atoms with Gasteiger partial charge < -0.3 is 15.5 Å². The molecule has 1 unspecified atom stereocenters. The van der Waals surface area contributed by atoms with Crippen LogP contribution in [-0.2, 0) is 4.79 Å². The van der Waals surface area contributed by atoms with E-state index in [1.54, 1.807) is 0 Å². The van der Waals surface area contributed by atoms with Crippen LogP contribution < -0.4 is 15.5 Å². The zero-order chi connectivity index (χ0) is 12.4. The van der Waals surface area contributed by atoms with Gasteiger partial charge in [-0.2, -0.15) is 0 Å². The Bertz CT molecular complexity index is 419. The molecule has 1 aromatic rings. The predicted octanol–water partition coefficient (Wildman–Crippen LogP) is 1.21. The molecule has 4 heteroatoms. The summed E-state index contributed by atoms with van der Waals surface area (Å²) in [5.74, 6) is -0.244. The van der Waals surface area contributed by atoms with Crippen LogP contribution in [-0.4, -0.2) is 32.1 Å². The Morgan fingerprint density at radius 3 is 2.59 bits per heavy atom. The minimum atomic E-state index is -0.244. The first-order valence-corrected chi connectivity index (χ1v) is 6.01. The zero-order valence-corrected chi connectivity index (χ0v) is 10.4. The van der Waals surface area contributed by atoms with Crippen molar-refractivity contribution in [3.63, 3.8) is 0 Å². The van der Waals surface area contributed by atoms with E-state index in [2.05, 4.69) is 29.0 Å². The maximum Gasteiger partial charge on any atom is 0.240 e. The second-order valence-electron chi connectivity index (χ2n) is 4.43. The predicted molar refractivity (Wildman–Crippen MR) is 70.3 cm³/mol. The van der Waals surface area contributed by atoms with Crippen molar-refractivity contribution in [3.8, 4) is 0 Å². The number of fused-ring (bicyclic) bond motifs is 1. The summed E-state index contributed by atoms with van der Waals surface area (Å²) in [6.07, 6.45) is 0.743. The minimum absolute atomic E-state index is 0.204. The van der Waals surface area contributed by atoms with E-state index >= 15 is 0 Å². The van der Waals surface area contributed by atoms with Crippen molar-refractivity contribution in [3.05, 3.63) is 24.3 Å². The van der Waals surface area contributed by atoms with Gasteiger partial charge in [-0.15, -0.1) is 0 Å². The first-order chi connectivity index (χ1) is 8.15. The van der Waals surface area contributed by atoms with Gasteiger partial charge in [-0.05, 0) is 18.6 Å². The number of nitrogens with two attached hydrogens (primary N) is 1. The molecule has 0 saturated heterocycles. The Kier molecular flexibility index (Phi) is 3.22. The summed E-state index contributed by atoms with van der Waals surface area (Å²) >= 11 is 0. The largest absolute Gasteiger partial charge is 0.371 e. The topological polar surface area (TPSA) is 49.6 Å². The lowest BCUT2D eigenvalue weighted by atomic mass is 10.1. The molecule has 0 fully saturated rings. The maximum absolute atomic E-state index is 11.5. The van der Waals surface area contributed by atoms with Gasteiger partial charge in [0.05, 0.1) is 11.4 Å². The van der Waals surface area contributed by atoms with Crippen molar-refractivity contribution in [2.24, 2.45) is 5.73 Å². The highest BCUT2D eigenvalue weighted by atomic mass is 16.1. The van der Waals surface area contributed by atoms with Crippen LogP contribution in [0.15, 0.2) is 24.3 Å². The highest BCUT2D eigenvalue weighted by Gasteiger charge is 2.28. The average molecular weight is 233 g/mol. The summed E-state index contributed by atoms with van der Waals surface area (Å²) in [6.45, 7) is 3.76. The number of rotatable bonds is 3. The third-order valence-electron chi connectivity index (χ3n) is 3.37. The quantitative estimate of drug-likeness (QED) is 0.853. The van der Waals surface area contributed by atoms with Gasteiger partial charge in [0, 0.05) is 20.1 Å². The summed E-state index contributed by atoms with van der Waals surface area (Å²) < 4.78 is 0. The van der Waals surface area contributed by atoms with E-state index < -0.39 is 0 Å². The Morgan fingerprint density at radius 2 is 2.00 bits per heavy atom. The highest BCUT2D eigenvalue weighted by molar-refractivity contribution is 5.86. The molecule has 0 saturated carbocycles. The fourth-order valence-electron chi connectivity index (χ4n) is 2.43. The standard InChI is InChI=1S/C13H19N3O/c1-3-10(13(14)17)16-9-8-15(2)11-6-4-5-7-12(11)16/h4-7,10H,3,8-9H2,1-2H3,(H2,14,17). The van der Waals surface area contributed by atoms with Crippen molar-refractivity contribution < 1.29 is 4.79 Å². The maximum atomic E-state index is 11.5. The molecule has 0 spiro atoms. The number of likely N-dealkylation sites (N-methyl/N-ethyl adjacent to an activating group) is 1. The molecular weight excluding hydrogens is 214 g/mol. The van der Waals surface area contributed by atoms with Crippen LogP contribution in [0.25, 0.3) is 0 Å². The van der Waals surface area contributed by atoms with Crippen LogP contribution >= 0.6 is 0 Å². The number of hydrogen-bond donors (Lipinski definition) is 1. The van der Waals surface area contributed by atoms with Gasteiger partial charge in [-0.25, -0.2) is 0 Å². The van der Waals surface area contributed by atoms with Crippen LogP contribution in [0.3, 0.4) is 0 Å². The summed E-state index contributed by atoms with van der Waals surface area (Å²) in [5, 5.41) is 0. The number of amides is 1. The van der Waals surface area contributed by atoms with Crippen LogP contribution in [0.4, 0.5) is 11.4 Å². The van der Waals surface area contributed by atoms with Crippen molar-refractivity contribution in [2.45, 2.75) is 19.4 Å².